The van der Waals surface area contributed by atoms with E-state index < -0.39 is 6.04 Å². The van der Waals surface area contributed by atoms with Crippen LogP contribution in [0, 0.1) is 0 Å². The first-order chi connectivity index (χ1) is 13.0. The van der Waals surface area contributed by atoms with E-state index in [1.807, 2.05) is 30.3 Å². The zero-order valence-corrected chi connectivity index (χ0v) is 15.8. The molecule has 0 unspecified atom stereocenters. The van der Waals surface area contributed by atoms with E-state index >= 15 is 0 Å². The van der Waals surface area contributed by atoms with Crippen molar-refractivity contribution in [2.45, 2.75) is 31.5 Å². The van der Waals surface area contributed by atoms with Crippen molar-refractivity contribution in [2.75, 3.05) is 33.7 Å². The molecule has 2 saturated heterocycles. The number of likely N-dealkylation sites (N-methyl/N-ethyl adjacent to an activating group) is 1. The monoisotopic (exact) mass is 374 g/mol. The Labute approximate surface area is 159 Å². The molecular formula is C19H26N4O4. The zero-order valence-electron chi connectivity index (χ0n) is 15.8. The van der Waals surface area contributed by atoms with Gasteiger partial charge in [-0.1, -0.05) is 30.3 Å². The van der Waals surface area contributed by atoms with Crippen LogP contribution in [0.25, 0.3) is 0 Å². The van der Waals surface area contributed by atoms with Crippen LogP contribution in [0.4, 0.5) is 4.79 Å². The lowest BCUT2D eigenvalue weighted by atomic mass is 10.0. The lowest BCUT2D eigenvalue weighted by Gasteiger charge is -2.29. The first kappa shape index (κ1) is 19.3. The van der Waals surface area contributed by atoms with Gasteiger partial charge < -0.3 is 15.1 Å². The number of rotatable bonds is 8. The molecule has 2 aliphatic heterocycles. The van der Waals surface area contributed by atoms with E-state index in [0.29, 0.717) is 26.0 Å². The van der Waals surface area contributed by atoms with Crippen LogP contribution in [0.15, 0.2) is 30.3 Å². The second-order valence-corrected chi connectivity index (χ2v) is 7.26. The van der Waals surface area contributed by atoms with Gasteiger partial charge >= 0.3 is 6.03 Å². The van der Waals surface area contributed by atoms with Gasteiger partial charge in [-0.2, -0.15) is 5.06 Å². The van der Waals surface area contributed by atoms with Gasteiger partial charge in [-0.25, -0.2) is 4.79 Å². The molecule has 2 aliphatic rings. The molecule has 0 aliphatic carbocycles. The molecule has 146 valence electrons. The minimum Gasteiger partial charge on any atom is -0.347 e. The van der Waals surface area contributed by atoms with Crippen LogP contribution < -0.4 is 5.32 Å². The van der Waals surface area contributed by atoms with Gasteiger partial charge in [-0.05, 0) is 32.5 Å². The number of nitrogens with one attached hydrogen (secondary N) is 1. The molecule has 2 bridgehead atoms. The Morgan fingerprint density at radius 2 is 1.96 bits per heavy atom. The Bertz CT molecular complexity index is 694. The van der Waals surface area contributed by atoms with Crippen molar-refractivity contribution >= 4 is 17.7 Å². The van der Waals surface area contributed by atoms with Gasteiger partial charge in [0.15, 0.2) is 5.78 Å². The lowest BCUT2D eigenvalue weighted by Crippen LogP contribution is -2.51. The fraction of sp³-hybridized carbons (Fsp3) is 0.526. The predicted octanol–water partition coefficient (Wildman–Crippen LogP) is 0.634. The average molecular weight is 374 g/mol. The fourth-order valence-electron chi connectivity index (χ4n) is 3.50. The van der Waals surface area contributed by atoms with Crippen LogP contribution in [0.3, 0.4) is 0 Å². The first-order valence-electron chi connectivity index (χ1n) is 9.16. The van der Waals surface area contributed by atoms with E-state index in [9.17, 15) is 14.4 Å². The number of benzene rings is 1. The third-order valence-corrected chi connectivity index (χ3v) is 4.79. The largest absolute Gasteiger partial charge is 0.347 e. The van der Waals surface area contributed by atoms with E-state index in [0.717, 1.165) is 5.56 Å². The summed E-state index contributed by atoms with van der Waals surface area (Å²) in [5.41, 5.74) is 0.982. The van der Waals surface area contributed by atoms with Gasteiger partial charge in [-0.15, -0.1) is 0 Å². The zero-order chi connectivity index (χ0) is 19.4. The maximum absolute atomic E-state index is 12.7. The summed E-state index contributed by atoms with van der Waals surface area (Å²) in [6.07, 6.45) is 1.26. The molecule has 3 amide bonds. The quantitative estimate of drug-likeness (QED) is 0.722. The van der Waals surface area contributed by atoms with Gasteiger partial charge in [-0.3, -0.25) is 14.4 Å². The summed E-state index contributed by atoms with van der Waals surface area (Å²) in [5.74, 6) is -0.346. The highest BCUT2D eigenvalue weighted by Crippen LogP contribution is 2.30. The summed E-state index contributed by atoms with van der Waals surface area (Å²) < 4.78 is 0. The maximum Gasteiger partial charge on any atom is 0.345 e. The number of amides is 3. The normalized spacial score (nSPS) is 21.7. The second-order valence-electron chi connectivity index (χ2n) is 7.26. The number of nitrogens with zero attached hydrogens (tertiary/aromatic N) is 3. The number of hydroxylamine groups is 2. The molecule has 8 nitrogen and oxygen atoms in total. The standard InChI is InChI=1S/C19H26N4O4/c1-21(2)12-16(24)10-20-18(25)17-9-8-15-11-22(17)19(26)23(15)27-13-14-6-4-3-5-7-14/h3-7,15,17H,8-13H2,1-2H3,(H,20,25)/t15-,17+/m1/s1. The third-order valence-electron chi connectivity index (χ3n) is 4.79. The number of urea groups is 1. The summed E-state index contributed by atoms with van der Waals surface area (Å²) in [6, 6.07) is 8.77. The Balaban J connectivity index is 1.54. The number of piperidine rings is 1. The molecule has 0 saturated carbocycles. The molecule has 1 aromatic rings. The molecule has 27 heavy (non-hydrogen) atoms. The van der Waals surface area contributed by atoms with Crippen LogP contribution in [0.5, 0.6) is 0 Å². The van der Waals surface area contributed by atoms with Crippen molar-refractivity contribution in [2.24, 2.45) is 0 Å². The van der Waals surface area contributed by atoms with Crippen LogP contribution >= 0.6 is 0 Å². The number of hydrogen-bond acceptors (Lipinski definition) is 5. The van der Waals surface area contributed by atoms with E-state index in [2.05, 4.69) is 5.32 Å². The summed E-state index contributed by atoms with van der Waals surface area (Å²) in [7, 11) is 3.60. The average Bonchev–Trinajstić information content (AvgIpc) is 2.89. The Hall–Kier alpha value is -2.45. The number of ketones is 1. The minimum absolute atomic E-state index is 0.0206. The van der Waals surface area contributed by atoms with Crippen molar-refractivity contribution < 1.29 is 19.2 Å². The van der Waals surface area contributed by atoms with E-state index in [-0.39, 0.29) is 36.9 Å². The van der Waals surface area contributed by atoms with Crippen molar-refractivity contribution in [3.8, 4) is 0 Å². The molecule has 1 aromatic carbocycles. The number of carbonyl (C=O) groups is 3. The van der Waals surface area contributed by atoms with Gasteiger partial charge in [0.05, 0.1) is 19.1 Å². The van der Waals surface area contributed by atoms with Crippen LogP contribution in [-0.4, -0.2) is 78.4 Å². The molecule has 0 spiro atoms. The molecule has 2 heterocycles. The summed E-state index contributed by atoms with van der Waals surface area (Å²) in [4.78, 5) is 46.0. The van der Waals surface area contributed by atoms with Crippen LogP contribution in [0.2, 0.25) is 0 Å². The summed E-state index contributed by atoms with van der Waals surface area (Å²) in [6.45, 7) is 1.04. The molecular weight excluding hydrogens is 348 g/mol. The second kappa shape index (κ2) is 8.49. The van der Waals surface area contributed by atoms with Crippen molar-refractivity contribution in [3.63, 3.8) is 0 Å². The molecule has 1 N–H and O–H groups in total. The smallest absolute Gasteiger partial charge is 0.345 e. The number of hydrogen-bond donors (Lipinski definition) is 1. The number of fused-ring (bicyclic) bond motifs is 2. The number of carbonyl (C=O) groups excluding carboxylic acids is 3. The first-order valence-corrected chi connectivity index (χ1v) is 9.16. The van der Waals surface area contributed by atoms with Crippen LogP contribution in [-0.2, 0) is 21.0 Å². The van der Waals surface area contributed by atoms with Crippen LogP contribution in [0.1, 0.15) is 18.4 Å². The SMILES string of the molecule is CN(C)CC(=O)CNC(=O)[C@@H]1CC[C@@H]2CN1C(=O)N2OCc1ccccc1. The Morgan fingerprint density at radius 3 is 2.67 bits per heavy atom. The van der Waals surface area contributed by atoms with Crippen molar-refractivity contribution in [1.29, 1.82) is 0 Å². The molecule has 2 atom stereocenters. The summed E-state index contributed by atoms with van der Waals surface area (Å²) >= 11 is 0. The predicted molar refractivity (Wildman–Crippen MR) is 98.6 cm³/mol. The van der Waals surface area contributed by atoms with Gasteiger partial charge in [0.25, 0.3) is 0 Å². The molecule has 0 aromatic heterocycles. The van der Waals surface area contributed by atoms with E-state index in [1.165, 1.54) is 5.06 Å². The Morgan fingerprint density at radius 1 is 1.22 bits per heavy atom. The van der Waals surface area contributed by atoms with Gasteiger partial charge in [0.2, 0.25) is 5.91 Å². The molecule has 8 heteroatoms. The molecule has 3 rings (SSSR count). The highest BCUT2D eigenvalue weighted by Gasteiger charge is 2.47. The molecule has 0 radical (unpaired) electrons. The van der Waals surface area contributed by atoms with Gasteiger partial charge in [0.1, 0.15) is 12.6 Å². The maximum atomic E-state index is 12.7. The Kier molecular flexibility index (Phi) is 6.08. The van der Waals surface area contributed by atoms with E-state index in [1.54, 1.807) is 23.9 Å². The van der Waals surface area contributed by atoms with Gasteiger partial charge in [0, 0.05) is 6.54 Å². The molecule has 2 fully saturated rings. The highest BCUT2D eigenvalue weighted by atomic mass is 16.7. The highest BCUT2D eigenvalue weighted by molar-refractivity contribution is 5.92. The number of Topliss-reactive ketones (excluding diaryl/α,β-unsaturated/α-hetero) is 1. The van der Waals surface area contributed by atoms with Crippen molar-refractivity contribution in [1.82, 2.24) is 20.2 Å². The lowest BCUT2D eigenvalue weighted by molar-refractivity contribution is -0.140. The minimum atomic E-state index is -0.550. The van der Waals surface area contributed by atoms with Crippen molar-refractivity contribution in [3.05, 3.63) is 35.9 Å². The summed E-state index contributed by atoms with van der Waals surface area (Å²) in [5, 5.41) is 4.07. The van der Waals surface area contributed by atoms with E-state index in [4.69, 9.17) is 4.84 Å². The fourth-order valence-corrected chi connectivity index (χ4v) is 3.50. The topological polar surface area (TPSA) is 82.2 Å². The third kappa shape index (κ3) is 4.64.